The van der Waals surface area contributed by atoms with E-state index >= 15 is 0 Å². The highest BCUT2D eigenvalue weighted by molar-refractivity contribution is 5.94. The molecule has 0 bridgehead atoms. The van der Waals surface area contributed by atoms with Crippen LogP contribution in [0.15, 0.2) is 55.2 Å². The van der Waals surface area contributed by atoms with Crippen molar-refractivity contribution in [3.05, 3.63) is 71.9 Å². The van der Waals surface area contributed by atoms with Gasteiger partial charge in [0.1, 0.15) is 12.7 Å². The Morgan fingerprint density at radius 2 is 2.17 bits per heavy atom. The van der Waals surface area contributed by atoms with Gasteiger partial charge in [0.2, 0.25) is 0 Å². The lowest BCUT2D eigenvalue weighted by Crippen LogP contribution is -2.27. The lowest BCUT2D eigenvalue weighted by molar-refractivity contribution is 0.0936. The van der Waals surface area contributed by atoms with Crippen molar-refractivity contribution in [2.75, 3.05) is 0 Å². The number of rotatable bonds is 3. The fourth-order valence-electron chi connectivity index (χ4n) is 2.96. The highest BCUT2D eigenvalue weighted by Crippen LogP contribution is 2.30. The molecule has 0 fully saturated rings. The summed E-state index contributed by atoms with van der Waals surface area (Å²) in [4.78, 5) is 20.7. The number of hydrogen-bond acceptors (Lipinski definition) is 4. The number of pyridine rings is 1. The summed E-state index contributed by atoms with van der Waals surface area (Å²) in [5.41, 5.74) is 3.09. The molecule has 6 heteroatoms. The van der Waals surface area contributed by atoms with Crippen LogP contribution >= 0.6 is 0 Å². The fourth-order valence-corrected chi connectivity index (χ4v) is 2.96. The Balaban J connectivity index is 1.55. The van der Waals surface area contributed by atoms with Gasteiger partial charge in [0.15, 0.2) is 5.82 Å². The summed E-state index contributed by atoms with van der Waals surface area (Å²) < 4.78 is 1.53. The monoisotopic (exact) mass is 305 g/mol. The number of nitrogens with one attached hydrogen (secondary N) is 1. The van der Waals surface area contributed by atoms with Crippen LogP contribution in [0, 0.1) is 0 Å². The SMILES string of the molecule is O=C(N[C@@H]1CCc2ccccc21)c1ccnc(-n2cncn2)c1. The molecule has 0 saturated carbocycles. The third kappa shape index (κ3) is 2.59. The smallest absolute Gasteiger partial charge is 0.251 e. The number of fused-ring (bicyclic) bond motifs is 1. The number of aromatic nitrogens is 4. The Labute approximate surface area is 133 Å². The van der Waals surface area contributed by atoms with E-state index in [1.54, 1.807) is 24.7 Å². The van der Waals surface area contributed by atoms with Crippen molar-refractivity contribution in [2.45, 2.75) is 18.9 Å². The zero-order valence-corrected chi connectivity index (χ0v) is 12.4. The quantitative estimate of drug-likeness (QED) is 0.804. The highest BCUT2D eigenvalue weighted by atomic mass is 16.1. The van der Waals surface area contributed by atoms with Gasteiger partial charge < -0.3 is 5.32 Å². The lowest BCUT2D eigenvalue weighted by atomic mass is 10.1. The van der Waals surface area contributed by atoms with Crippen molar-refractivity contribution in [1.82, 2.24) is 25.1 Å². The molecule has 1 aliphatic rings. The number of amides is 1. The first-order valence-corrected chi connectivity index (χ1v) is 7.51. The Hall–Kier alpha value is -3.02. The second kappa shape index (κ2) is 5.64. The van der Waals surface area contributed by atoms with Crippen molar-refractivity contribution in [1.29, 1.82) is 0 Å². The van der Waals surface area contributed by atoms with E-state index < -0.39 is 0 Å². The summed E-state index contributed by atoms with van der Waals surface area (Å²) in [6.07, 6.45) is 6.53. The summed E-state index contributed by atoms with van der Waals surface area (Å²) in [7, 11) is 0. The third-order valence-corrected chi connectivity index (χ3v) is 4.10. The molecule has 0 unspecified atom stereocenters. The van der Waals surface area contributed by atoms with E-state index in [-0.39, 0.29) is 11.9 Å². The summed E-state index contributed by atoms with van der Waals surface area (Å²) >= 11 is 0. The molecule has 1 amide bonds. The molecule has 1 atom stereocenters. The molecule has 6 nitrogen and oxygen atoms in total. The van der Waals surface area contributed by atoms with Gasteiger partial charge in [-0.2, -0.15) is 5.10 Å². The first kappa shape index (κ1) is 13.6. The summed E-state index contributed by atoms with van der Waals surface area (Å²) in [5.74, 6) is 0.470. The van der Waals surface area contributed by atoms with E-state index in [4.69, 9.17) is 0 Å². The summed E-state index contributed by atoms with van der Waals surface area (Å²) in [6, 6.07) is 11.7. The van der Waals surface area contributed by atoms with E-state index in [1.165, 1.54) is 22.1 Å². The Kier molecular flexibility index (Phi) is 3.34. The topological polar surface area (TPSA) is 72.7 Å². The van der Waals surface area contributed by atoms with E-state index in [9.17, 15) is 4.79 Å². The van der Waals surface area contributed by atoms with Gasteiger partial charge in [-0.15, -0.1) is 0 Å². The van der Waals surface area contributed by atoms with Crippen molar-refractivity contribution in [3.8, 4) is 5.82 Å². The lowest BCUT2D eigenvalue weighted by Gasteiger charge is -2.14. The number of nitrogens with zero attached hydrogens (tertiary/aromatic N) is 4. The largest absolute Gasteiger partial charge is 0.345 e. The molecule has 2 aromatic heterocycles. The predicted molar refractivity (Wildman–Crippen MR) is 84.1 cm³/mol. The Morgan fingerprint density at radius 3 is 3.04 bits per heavy atom. The number of carbonyl (C=O) groups is 1. The predicted octanol–water partition coefficient (Wildman–Crippen LogP) is 2.08. The Bertz CT molecular complexity index is 844. The average molecular weight is 305 g/mol. The van der Waals surface area contributed by atoms with E-state index in [1.807, 2.05) is 12.1 Å². The standard InChI is InChI=1S/C17H15N5O/c23-17(21-15-6-5-12-3-1-2-4-14(12)15)13-7-8-19-16(9-13)22-11-18-10-20-22/h1-4,7-11,15H,5-6H2,(H,21,23)/t15-/m1/s1. The van der Waals surface area contributed by atoms with Crippen molar-refractivity contribution < 1.29 is 4.79 Å². The van der Waals surface area contributed by atoms with Crippen LogP contribution in [0.25, 0.3) is 5.82 Å². The van der Waals surface area contributed by atoms with Crippen LogP contribution in [0.5, 0.6) is 0 Å². The molecule has 3 aromatic rings. The first-order chi connectivity index (χ1) is 11.3. The molecule has 4 rings (SSSR count). The van der Waals surface area contributed by atoms with Crippen molar-refractivity contribution in [3.63, 3.8) is 0 Å². The zero-order chi connectivity index (χ0) is 15.6. The number of benzene rings is 1. The van der Waals surface area contributed by atoms with Crippen molar-refractivity contribution in [2.24, 2.45) is 0 Å². The molecule has 0 aliphatic heterocycles. The number of carbonyl (C=O) groups excluding carboxylic acids is 1. The molecule has 0 radical (unpaired) electrons. The van der Waals surface area contributed by atoms with Gasteiger partial charge in [0, 0.05) is 11.8 Å². The summed E-state index contributed by atoms with van der Waals surface area (Å²) in [5, 5.41) is 7.14. The van der Waals surface area contributed by atoms with Crippen LogP contribution in [0.2, 0.25) is 0 Å². The van der Waals surface area contributed by atoms with E-state index in [2.05, 4.69) is 32.5 Å². The van der Waals surface area contributed by atoms with Crippen LogP contribution < -0.4 is 5.32 Å². The normalized spacial score (nSPS) is 16.1. The number of aryl methyl sites for hydroxylation is 1. The molecule has 1 aliphatic carbocycles. The Morgan fingerprint density at radius 1 is 1.26 bits per heavy atom. The van der Waals surface area contributed by atoms with Gasteiger partial charge in [-0.05, 0) is 36.1 Å². The van der Waals surface area contributed by atoms with Crippen molar-refractivity contribution >= 4 is 5.91 Å². The van der Waals surface area contributed by atoms with Crippen LogP contribution in [-0.4, -0.2) is 25.7 Å². The van der Waals surface area contributed by atoms with E-state index in [0.29, 0.717) is 11.4 Å². The minimum atomic E-state index is -0.101. The molecule has 0 spiro atoms. The molecule has 0 saturated heterocycles. The van der Waals surface area contributed by atoms with Gasteiger partial charge in [0.25, 0.3) is 5.91 Å². The fraction of sp³-hybridized carbons (Fsp3) is 0.176. The van der Waals surface area contributed by atoms with Crippen LogP contribution in [0.1, 0.15) is 33.9 Å². The van der Waals surface area contributed by atoms with Gasteiger partial charge in [-0.1, -0.05) is 24.3 Å². The second-order valence-electron chi connectivity index (χ2n) is 5.51. The molecular formula is C17H15N5O. The highest BCUT2D eigenvalue weighted by Gasteiger charge is 2.23. The minimum absolute atomic E-state index is 0.0710. The molecular weight excluding hydrogens is 290 g/mol. The number of hydrogen-bond donors (Lipinski definition) is 1. The maximum Gasteiger partial charge on any atom is 0.251 e. The average Bonchev–Trinajstić information content (AvgIpc) is 3.25. The molecule has 1 aromatic carbocycles. The molecule has 114 valence electrons. The third-order valence-electron chi connectivity index (χ3n) is 4.10. The zero-order valence-electron chi connectivity index (χ0n) is 12.4. The van der Waals surface area contributed by atoms with Gasteiger partial charge >= 0.3 is 0 Å². The van der Waals surface area contributed by atoms with Crippen LogP contribution in [0.4, 0.5) is 0 Å². The minimum Gasteiger partial charge on any atom is -0.345 e. The van der Waals surface area contributed by atoms with Gasteiger partial charge in [-0.3, -0.25) is 4.79 Å². The maximum absolute atomic E-state index is 12.5. The molecule has 23 heavy (non-hydrogen) atoms. The van der Waals surface area contributed by atoms with Gasteiger partial charge in [0.05, 0.1) is 6.04 Å². The second-order valence-corrected chi connectivity index (χ2v) is 5.51. The first-order valence-electron chi connectivity index (χ1n) is 7.51. The van der Waals surface area contributed by atoms with Crippen LogP contribution in [0.3, 0.4) is 0 Å². The summed E-state index contributed by atoms with van der Waals surface area (Å²) in [6.45, 7) is 0. The molecule has 1 N–H and O–H groups in total. The van der Waals surface area contributed by atoms with E-state index in [0.717, 1.165) is 12.8 Å². The van der Waals surface area contributed by atoms with Gasteiger partial charge in [-0.25, -0.2) is 14.6 Å². The maximum atomic E-state index is 12.5. The molecule has 2 heterocycles. The van der Waals surface area contributed by atoms with Crippen LogP contribution in [-0.2, 0) is 6.42 Å².